The molecule has 0 aliphatic heterocycles. The molecule has 0 aliphatic carbocycles. The first-order valence-corrected chi connectivity index (χ1v) is 8.89. The highest BCUT2D eigenvalue weighted by Gasteiger charge is 1.87. The van der Waals surface area contributed by atoms with Crippen LogP contribution >= 0.6 is 29.6 Å². The molecule has 0 aromatic heterocycles. The molecule has 14 heavy (non-hydrogen) atoms. The van der Waals surface area contributed by atoms with Gasteiger partial charge in [0, 0.05) is 0 Å². The minimum Gasteiger partial charge on any atom is -0.205 e. The van der Waals surface area contributed by atoms with Crippen LogP contribution in [0.25, 0.3) is 0 Å². The number of halogens is 2. The summed E-state index contributed by atoms with van der Waals surface area (Å²) >= 11 is 4.53. The molecule has 0 amide bonds. The lowest BCUT2D eigenvalue weighted by atomic mass is 10.2. The van der Waals surface area contributed by atoms with E-state index in [0.29, 0.717) is 0 Å². The smallest absolute Gasteiger partial charge is 0.205 e. The number of allylic oxidation sites excluding steroid dienone is 1. The van der Waals surface area contributed by atoms with Crippen molar-refractivity contribution < 1.29 is 8.42 Å². The second-order valence-electron chi connectivity index (χ2n) is 2.36. The molecular formula is C9H10Br2O2S. The minimum absolute atomic E-state index is 0.973. The van der Waals surface area contributed by atoms with Crippen LogP contribution in [0.1, 0.15) is 5.56 Å². The van der Waals surface area contributed by atoms with E-state index in [2.05, 4.69) is 48.3 Å². The van der Waals surface area contributed by atoms with Crippen LogP contribution in [0.2, 0.25) is 0 Å². The number of hydrogen-bond acceptors (Lipinski definition) is 2. The maximum Gasteiger partial charge on any atom is 0.268 e. The Balaban J connectivity index is 0.000000292. The first-order valence-electron chi connectivity index (χ1n) is 3.72. The summed E-state index contributed by atoms with van der Waals surface area (Å²) in [6, 6.07) is 10.3. The predicted molar refractivity (Wildman–Crippen MR) is 67.1 cm³/mol. The van der Waals surface area contributed by atoms with E-state index in [-0.39, 0.29) is 0 Å². The van der Waals surface area contributed by atoms with E-state index in [1.165, 1.54) is 5.56 Å². The van der Waals surface area contributed by atoms with E-state index in [1.807, 2.05) is 24.3 Å². The lowest BCUT2D eigenvalue weighted by Gasteiger charge is -1.91. The summed E-state index contributed by atoms with van der Waals surface area (Å²) in [4.78, 5) is 0. The van der Waals surface area contributed by atoms with Crippen molar-refractivity contribution in [3.05, 3.63) is 48.6 Å². The molecule has 0 atom stereocenters. The fourth-order valence-corrected chi connectivity index (χ4v) is 0.781. The molecule has 78 valence electrons. The highest BCUT2D eigenvalue weighted by molar-refractivity contribution is 9.79. The van der Waals surface area contributed by atoms with Crippen LogP contribution in [0.4, 0.5) is 0 Å². The molecule has 0 N–H and O–H groups in total. The Hall–Kier alpha value is -0.130. The third kappa shape index (κ3) is 11.9. The van der Waals surface area contributed by atoms with Crippen molar-refractivity contribution in [1.29, 1.82) is 0 Å². The fourth-order valence-electron chi connectivity index (χ4n) is 0.781. The van der Waals surface area contributed by atoms with Gasteiger partial charge in [-0.2, -0.15) is 0 Å². The zero-order valence-corrected chi connectivity index (χ0v) is 11.3. The van der Waals surface area contributed by atoms with Crippen molar-refractivity contribution in [3.63, 3.8) is 0 Å². The quantitative estimate of drug-likeness (QED) is 0.610. The molecule has 1 aromatic carbocycles. The molecule has 0 radical (unpaired) electrons. The van der Waals surface area contributed by atoms with Gasteiger partial charge in [-0.05, 0) is 12.0 Å². The van der Waals surface area contributed by atoms with Gasteiger partial charge in [0.2, 0.25) is 0 Å². The topological polar surface area (TPSA) is 34.1 Å². The van der Waals surface area contributed by atoms with E-state index < -0.39 is 6.70 Å². The van der Waals surface area contributed by atoms with Crippen LogP contribution in [0.15, 0.2) is 43.0 Å². The first-order chi connectivity index (χ1) is 6.43. The van der Waals surface area contributed by atoms with Crippen molar-refractivity contribution in [3.8, 4) is 0 Å². The summed E-state index contributed by atoms with van der Waals surface area (Å²) in [5, 5.41) is 0. The number of rotatable bonds is 2. The Morgan fingerprint density at radius 3 is 2.00 bits per heavy atom. The average molecular weight is 342 g/mol. The van der Waals surface area contributed by atoms with Gasteiger partial charge in [-0.15, -0.1) is 6.58 Å². The maximum atomic E-state index is 9.47. The van der Waals surface area contributed by atoms with E-state index in [9.17, 15) is 8.42 Å². The van der Waals surface area contributed by atoms with Gasteiger partial charge in [0.1, 0.15) is 0 Å². The van der Waals surface area contributed by atoms with Crippen LogP contribution in [0, 0.1) is 0 Å². The SMILES string of the molecule is C=CCc1ccccc1.O=S(=O)(Br)Br. The highest BCUT2D eigenvalue weighted by atomic mass is 79.9. The molecule has 0 saturated carbocycles. The van der Waals surface area contributed by atoms with Crippen LogP contribution in [0.5, 0.6) is 0 Å². The number of benzene rings is 1. The average Bonchev–Trinajstić information content (AvgIpc) is 2.03. The Morgan fingerprint density at radius 2 is 1.64 bits per heavy atom. The van der Waals surface area contributed by atoms with Crippen molar-refractivity contribution in [2.24, 2.45) is 0 Å². The summed E-state index contributed by atoms with van der Waals surface area (Å²) in [5.41, 5.74) is 1.33. The van der Waals surface area contributed by atoms with Gasteiger partial charge in [0.05, 0.1) is 29.6 Å². The molecule has 5 heteroatoms. The summed E-state index contributed by atoms with van der Waals surface area (Å²) in [5.74, 6) is 0. The van der Waals surface area contributed by atoms with Crippen molar-refractivity contribution in [2.45, 2.75) is 6.42 Å². The Morgan fingerprint density at radius 1 is 1.21 bits per heavy atom. The zero-order valence-electron chi connectivity index (χ0n) is 7.36. The Bertz CT molecular complexity index is 352. The van der Waals surface area contributed by atoms with Gasteiger partial charge in [-0.25, -0.2) is 8.42 Å². The zero-order chi connectivity index (χ0) is 11.0. The van der Waals surface area contributed by atoms with Crippen LogP contribution in [-0.4, -0.2) is 8.42 Å². The van der Waals surface area contributed by atoms with Gasteiger partial charge in [0.15, 0.2) is 0 Å². The fraction of sp³-hybridized carbons (Fsp3) is 0.111. The molecule has 0 aliphatic rings. The summed E-state index contributed by atoms with van der Waals surface area (Å²) in [6.45, 7) is 0.614. The third-order valence-corrected chi connectivity index (χ3v) is 1.22. The second-order valence-corrected chi connectivity index (χ2v) is 10.8. The van der Waals surface area contributed by atoms with Crippen molar-refractivity contribution in [2.75, 3.05) is 0 Å². The Kier molecular flexibility index (Phi) is 7.13. The van der Waals surface area contributed by atoms with Gasteiger partial charge in [0.25, 0.3) is 6.70 Å². The highest BCUT2D eigenvalue weighted by Crippen LogP contribution is 2.06. The maximum absolute atomic E-state index is 9.47. The molecule has 0 heterocycles. The van der Waals surface area contributed by atoms with Gasteiger partial charge < -0.3 is 0 Å². The standard InChI is InChI=1S/C9H10.Br2O2S/c1-2-6-9-7-4-3-5-8-9;1-5(2,3)4/h2-5,7-8H,1,6H2;. The summed E-state index contributed by atoms with van der Waals surface area (Å²) in [6.07, 6.45) is 2.89. The molecule has 0 unspecified atom stereocenters. The molecular weight excluding hydrogens is 332 g/mol. The van der Waals surface area contributed by atoms with Crippen LogP contribution in [0.3, 0.4) is 0 Å². The largest absolute Gasteiger partial charge is 0.268 e. The molecule has 2 nitrogen and oxygen atoms in total. The van der Waals surface area contributed by atoms with Gasteiger partial charge in [-0.3, -0.25) is 0 Å². The lowest BCUT2D eigenvalue weighted by molar-refractivity contribution is 0.625. The van der Waals surface area contributed by atoms with E-state index in [4.69, 9.17) is 0 Å². The van der Waals surface area contributed by atoms with E-state index >= 15 is 0 Å². The van der Waals surface area contributed by atoms with Crippen molar-refractivity contribution in [1.82, 2.24) is 0 Å². The molecule has 1 aromatic rings. The normalized spacial score (nSPS) is 9.86. The molecule has 0 spiro atoms. The summed E-state index contributed by atoms with van der Waals surface area (Å²) in [7, 11) is 0. The molecule has 1 rings (SSSR count). The van der Waals surface area contributed by atoms with E-state index in [1.54, 1.807) is 0 Å². The number of hydrogen-bond donors (Lipinski definition) is 0. The first kappa shape index (κ1) is 13.9. The van der Waals surface area contributed by atoms with E-state index in [0.717, 1.165) is 6.42 Å². The molecule has 0 saturated heterocycles. The van der Waals surface area contributed by atoms with Crippen molar-refractivity contribution >= 4 is 36.3 Å². The van der Waals surface area contributed by atoms with Crippen LogP contribution < -0.4 is 0 Å². The molecule has 0 bridgehead atoms. The third-order valence-electron chi connectivity index (χ3n) is 1.22. The Labute approximate surface area is 99.4 Å². The van der Waals surface area contributed by atoms with Gasteiger partial charge in [-0.1, -0.05) is 36.4 Å². The predicted octanol–water partition coefficient (Wildman–Crippen LogP) is 3.44. The lowest BCUT2D eigenvalue weighted by Crippen LogP contribution is -1.75. The second kappa shape index (κ2) is 7.20. The monoisotopic (exact) mass is 340 g/mol. The molecule has 0 fully saturated rings. The minimum atomic E-state index is -3.04. The van der Waals surface area contributed by atoms with Crippen LogP contribution in [-0.2, 0) is 13.1 Å². The van der Waals surface area contributed by atoms with Gasteiger partial charge >= 0.3 is 0 Å². The summed E-state index contributed by atoms with van der Waals surface area (Å²) < 4.78 is 18.9.